The van der Waals surface area contributed by atoms with E-state index in [-0.39, 0.29) is 10.7 Å². The van der Waals surface area contributed by atoms with Crippen LogP contribution in [0.15, 0.2) is 40.9 Å². The highest BCUT2D eigenvalue weighted by molar-refractivity contribution is 9.10. The first-order valence-corrected chi connectivity index (χ1v) is 7.42. The van der Waals surface area contributed by atoms with Crippen molar-refractivity contribution in [3.05, 3.63) is 57.5 Å². The molecule has 2 aromatic carbocycles. The zero-order valence-corrected chi connectivity index (χ0v) is 13.7. The van der Waals surface area contributed by atoms with Gasteiger partial charge in [-0.2, -0.15) is 0 Å². The predicted octanol–water partition coefficient (Wildman–Crippen LogP) is 4.79. The highest BCUT2D eigenvalue weighted by Crippen LogP contribution is 2.27. The summed E-state index contributed by atoms with van der Waals surface area (Å²) in [5, 5.41) is 2.30. The molecule has 0 aliphatic heterocycles. The van der Waals surface area contributed by atoms with E-state index in [9.17, 15) is 13.6 Å². The normalized spacial score (nSPS) is 11.9. The molecule has 0 aliphatic rings. The Hall–Kier alpha value is -1.66. The number of ether oxygens (including phenoxy) is 1. The number of nitrogens with one attached hydrogen (secondary N) is 1. The van der Waals surface area contributed by atoms with Crippen LogP contribution in [0.3, 0.4) is 0 Å². The monoisotopic (exact) mass is 389 g/mol. The average molecular weight is 391 g/mol. The molecule has 1 amide bonds. The molecule has 0 aliphatic carbocycles. The van der Waals surface area contributed by atoms with Gasteiger partial charge in [0.15, 0.2) is 11.9 Å². The Balaban J connectivity index is 2.07. The van der Waals surface area contributed by atoms with Crippen LogP contribution in [0, 0.1) is 11.6 Å². The van der Waals surface area contributed by atoms with Crippen molar-refractivity contribution in [3.8, 4) is 5.75 Å². The molecule has 0 aromatic heterocycles. The highest BCUT2D eigenvalue weighted by Gasteiger charge is 2.18. The highest BCUT2D eigenvalue weighted by atomic mass is 79.9. The van der Waals surface area contributed by atoms with Crippen molar-refractivity contribution in [2.75, 3.05) is 5.32 Å². The van der Waals surface area contributed by atoms with Gasteiger partial charge in [-0.1, -0.05) is 17.7 Å². The van der Waals surface area contributed by atoms with Gasteiger partial charge in [-0.05, 0) is 53.2 Å². The lowest BCUT2D eigenvalue weighted by Crippen LogP contribution is -2.30. The first-order valence-electron chi connectivity index (χ1n) is 6.25. The standard InChI is InChI=1S/C15H11BrClF2NO2/c1-8(22-13-6-5-9(18)7-10(13)16)15(21)20-12-4-2-3-11(17)14(12)19/h2-8H,1H3,(H,20,21). The van der Waals surface area contributed by atoms with Crippen molar-refractivity contribution >= 4 is 39.1 Å². The quantitative estimate of drug-likeness (QED) is 0.815. The molecule has 1 atom stereocenters. The predicted molar refractivity (Wildman–Crippen MR) is 84.2 cm³/mol. The Labute approximate surface area is 139 Å². The van der Waals surface area contributed by atoms with E-state index in [0.29, 0.717) is 10.2 Å². The molecule has 2 aromatic rings. The second-order valence-corrected chi connectivity index (χ2v) is 5.69. The van der Waals surface area contributed by atoms with Crippen molar-refractivity contribution in [1.82, 2.24) is 0 Å². The maximum absolute atomic E-state index is 13.7. The van der Waals surface area contributed by atoms with Crippen LogP contribution >= 0.6 is 27.5 Å². The van der Waals surface area contributed by atoms with E-state index in [1.54, 1.807) is 0 Å². The minimum atomic E-state index is -0.917. The van der Waals surface area contributed by atoms with Gasteiger partial charge in [0.25, 0.3) is 5.91 Å². The van der Waals surface area contributed by atoms with Gasteiger partial charge >= 0.3 is 0 Å². The van der Waals surface area contributed by atoms with Crippen LogP contribution in [0.2, 0.25) is 5.02 Å². The maximum atomic E-state index is 13.7. The largest absolute Gasteiger partial charge is 0.480 e. The Morgan fingerprint density at radius 1 is 1.32 bits per heavy atom. The summed E-state index contributed by atoms with van der Waals surface area (Å²) in [6.07, 6.45) is -0.917. The van der Waals surface area contributed by atoms with E-state index >= 15 is 0 Å². The molecule has 1 unspecified atom stereocenters. The number of hydrogen-bond donors (Lipinski definition) is 1. The smallest absolute Gasteiger partial charge is 0.265 e. The molecule has 3 nitrogen and oxygen atoms in total. The van der Waals surface area contributed by atoms with E-state index in [2.05, 4.69) is 21.2 Å². The van der Waals surface area contributed by atoms with Crippen LogP contribution in [-0.2, 0) is 4.79 Å². The zero-order valence-electron chi connectivity index (χ0n) is 11.4. The Bertz CT molecular complexity index is 712. The first kappa shape index (κ1) is 16.7. The van der Waals surface area contributed by atoms with Crippen molar-refractivity contribution in [2.45, 2.75) is 13.0 Å². The molecule has 116 valence electrons. The van der Waals surface area contributed by atoms with Crippen LogP contribution in [-0.4, -0.2) is 12.0 Å². The summed E-state index contributed by atoms with van der Waals surface area (Å²) in [6.45, 7) is 1.49. The number of carbonyl (C=O) groups excluding carboxylic acids is 1. The van der Waals surface area contributed by atoms with Gasteiger partial charge in [0.05, 0.1) is 15.2 Å². The molecule has 0 bridgehead atoms. The van der Waals surface area contributed by atoms with Crippen molar-refractivity contribution in [1.29, 1.82) is 0 Å². The van der Waals surface area contributed by atoms with Crippen molar-refractivity contribution in [3.63, 3.8) is 0 Å². The Kier molecular flexibility index (Phi) is 5.37. The fraction of sp³-hybridized carbons (Fsp3) is 0.133. The summed E-state index contributed by atoms with van der Waals surface area (Å²) >= 11 is 8.78. The SMILES string of the molecule is CC(Oc1ccc(F)cc1Br)C(=O)Nc1cccc(Cl)c1F. The van der Waals surface area contributed by atoms with Gasteiger partial charge in [0.2, 0.25) is 0 Å². The number of benzene rings is 2. The molecule has 0 fully saturated rings. The number of anilines is 1. The molecular weight excluding hydrogens is 380 g/mol. The lowest BCUT2D eigenvalue weighted by atomic mass is 10.2. The van der Waals surface area contributed by atoms with E-state index < -0.39 is 23.6 Å². The third-order valence-corrected chi connectivity index (χ3v) is 3.69. The third-order valence-electron chi connectivity index (χ3n) is 2.78. The molecule has 0 radical (unpaired) electrons. The summed E-state index contributed by atoms with van der Waals surface area (Å²) in [6, 6.07) is 8.10. The van der Waals surface area contributed by atoms with Gasteiger partial charge in [-0.25, -0.2) is 8.78 Å². The van der Waals surface area contributed by atoms with Crippen LogP contribution in [0.1, 0.15) is 6.92 Å². The lowest BCUT2D eigenvalue weighted by molar-refractivity contribution is -0.122. The minimum absolute atomic E-state index is 0.0360. The molecular formula is C15H11BrClF2NO2. The zero-order chi connectivity index (χ0) is 16.3. The summed E-state index contributed by atoms with van der Waals surface area (Å²) < 4.78 is 32.5. The van der Waals surface area contributed by atoms with E-state index in [1.807, 2.05) is 0 Å². The Morgan fingerprint density at radius 3 is 2.73 bits per heavy atom. The summed E-state index contributed by atoms with van der Waals surface area (Å²) in [4.78, 5) is 12.0. The molecule has 0 heterocycles. The summed E-state index contributed by atoms with van der Waals surface area (Å²) in [5.74, 6) is -1.40. The second kappa shape index (κ2) is 7.07. The molecule has 0 spiro atoms. The van der Waals surface area contributed by atoms with Crippen LogP contribution in [0.5, 0.6) is 5.75 Å². The topological polar surface area (TPSA) is 38.3 Å². The van der Waals surface area contributed by atoms with Gasteiger partial charge in [-0.3, -0.25) is 4.79 Å². The van der Waals surface area contributed by atoms with Gasteiger partial charge < -0.3 is 10.1 Å². The van der Waals surface area contributed by atoms with E-state index in [1.165, 1.54) is 43.3 Å². The van der Waals surface area contributed by atoms with E-state index in [4.69, 9.17) is 16.3 Å². The molecule has 1 N–H and O–H groups in total. The number of rotatable bonds is 4. The Morgan fingerprint density at radius 2 is 2.05 bits per heavy atom. The van der Waals surface area contributed by atoms with Gasteiger partial charge in [0.1, 0.15) is 11.6 Å². The van der Waals surface area contributed by atoms with Crippen LogP contribution in [0.25, 0.3) is 0 Å². The number of amides is 1. The lowest BCUT2D eigenvalue weighted by Gasteiger charge is -2.16. The van der Waals surface area contributed by atoms with Crippen molar-refractivity contribution in [2.24, 2.45) is 0 Å². The fourth-order valence-electron chi connectivity index (χ4n) is 1.65. The molecule has 0 saturated heterocycles. The summed E-state index contributed by atoms with van der Waals surface area (Å²) in [5.41, 5.74) is -0.0360. The fourth-order valence-corrected chi connectivity index (χ4v) is 2.27. The number of carbonyl (C=O) groups is 1. The molecule has 2 rings (SSSR count). The molecule has 7 heteroatoms. The maximum Gasteiger partial charge on any atom is 0.265 e. The first-order chi connectivity index (χ1) is 10.4. The molecule has 22 heavy (non-hydrogen) atoms. The third kappa shape index (κ3) is 3.96. The average Bonchev–Trinajstić information content (AvgIpc) is 2.46. The number of halogens is 4. The minimum Gasteiger partial charge on any atom is -0.480 e. The number of hydrogen-bond acceptors (Lipinski definition) is 2. The van der Waals surface area contributed by atoms with Crippen LogP contribution < -0.4 is 10.1 Å². The van der Waals surface area contributed by atoms with Gasteiger partial charge in [-0.15, -0.1) is 0 Å². The van der Waals surface area contributed by atoms with E-state index in [0.717, 1.165) is 0 Å². The molecule has 0 saturated carbocycles. The van der Waals surface area contributed by atoms with Crippen molar-refractivity contribution < 1.29 is 18.3 Å². The summed E-state index contributed by atoms with van der Waals surface area (Å²) in [7, 11) is 0. The second-order valence-electron chi connectivity index (χ2n) is 4.43. The van der Waals surface area contributed by atoms with Crippen LogP contribution in [0.4, 0.5) is 14.5 Å². The van der Waals surface area contributed by atoms with Gasteiger partial charge in [0, 0.05) is 0 Å².